The van der Waals surface area contributed by atoms with Crippen LogP contribution >= 0.6 is 0 Å². The van der Waals surface area contributed by atoms with Crippen molar-refractivity contribution in [2.75, 3.05) is 13.7 Å². The summed E-state index contributed by atoms with van der Waals surface area (Å²) >= 11 is 0. The van der Waals surface area contributed by atoms with Crippen molar-refractivity contribution in [1.29, 1.82) is 0 Å². The van der Waals surface area contributed by atoms with Gasteiger partial charge in [-0.2, -0.15) is 0 Å². The minimum atomic E-state index is -0.950. The monoisotopic (exact) mass is 231 g/mol. The van der Waals surface area contributed by atoms with Gasteiger partial charge >= 0.3 is 11.9 Å². The molecule has 0 aliphatic rings. The molecule has 0 aliphatic carbocycles. The molecule has 0 heterocycles. The molecular formula is C11H21NO4. The lowest BCUT2D eigenvalue weighted by Crippen LogP contribution is -2.39. The minimum Gasteiger partial charge on any atom is -0.468 e. The van der Waals surface area contributed by atoms with Gasteiger partial charge in [0.05, 0.1) is 7.11 Å². The highest BCUT2D eigenvalue weighted by atomic mass is 16.6. The summed E-state index contributed by atoms with van der Waals surface area (Å²) in [7, 11) is 1.24. The molecule has 0 bridgehead atoms. The maximum Gasteiger partial charge on any atom is 0.321 e. The Balaban J connectivity index is 4.77. The van der Waals surface area contributed by atoms with E-state index in [1.54, 1.807) is 27.7 Å². The molecule has 5 heteroatoms. The van der Waals surface area contributed by atoms with E-state index in [4.69, 9.17) is 10.5 Å². The van der Waals surface area contributed by atoms with Crippen LogP contribution in [0, 0.1) is 11.8 Å². The SMILES string of the molecule is COC(=O)C(C(=O)OC(C)(C)C)C(C)CN. The molecule has 0 saturated carbocycles. The number of hydrogen-bond acceptors (Lipinski definition) is 5. The Morgan fingerprint density at radius 1 is 1.25 bits per heavy atom. The lowest BCUT2D eigenvalue weighted by atomic mass is 9.94. The van der Waals surface area contributed by atoms with Crippen LogP contribution in [-0.4, -0.2) is 31.2 Å². The first-order valence-electron chi connectivity index (χ1n) is 5.23. The van der Waals surface area contributed by atoms with E-state index in [9.17, 15) is 9.59 Å². The maximum atomic E-state index is 11.8. The van der Waals surface area contributed by atoms with Crippen LogP contribution < -0.4 is 5.73 Å². The summed E-state index contributed by atoms with van der Waals surface area (Å²) in [6.07, 6.45) is 0. The standard InChI is InChI=1S/C11H21NO4/c1-7(6-12)8(9(13)15-5)10(14)16-11(2,3)4/h7-8H,6,12H2,1-5H3. The van der Waals surface area contributed by atoms with Gasteiger partial charge in [-0.1, -0.05) is 6.92 Å². The van der Waals surface area contributed by atoms with Crippen molar-refractivity contribution in [3.63, 3.8) is 0 Å². The van der Waals surface area contributed by atoms with Crippen LogP contribution in [0.5, 0.6) is 0 Å². The van der Waals surface area contributed by atoms with Crippen molar-refractivity contribution in [3.8, 4) is 0 Å². The zero-order valence-corrected chi connectivity index (χ0v) is 10.6. The number of hydrogen-bond donors (Lipinski definition) is 1. The van der Waals surface area contributed by atoms with Crippen LogP contribution in [0.4, 0.5) is 0 Å². The topological polar surface area (TPSA) is 78.6 Å². The van der Waals surface area contributed by atoms with Gasteiger partial charge in [-0.3, -0.25) is 9.59 Å². The second-order valence-corrected chi connectivity index (χ2v) is 4.75. The summed E-state index contributed by atoms with van der Waals surface area (Å²) in [5, 5.41) is 0. The number of carbonyl (C=O) groups is 2. The average molecular weight is 231 g/mol. The Kier molecular flexibility index (Phi) is 5.44. The highest BCUT2D eigenvalue weighted by Crippen LogP contribution is 2.18. The largest absolute Gasteiger partial charge is 0.468 e. The molecule has 94 valence electrons. The van der Waals surface area contributed by atoms with Crippen molar-refractivity contribution in [2.45, 2.75) is 33.3 Å². The first kappa shape index (κ1) is 14.9. The Bertz CT molecular complexity index is 257. The van der Waals surface area contributed by atoms with Crippen molar-refractivity contribution >= 4 is 11.9 Å². The normalized spacial score (nSPS) is 15.1. The quantitative estimate of drug-likeness (QED) is 0.569. The molecule has 2 unspecified atom stereocenters. The molecule has 16 heavy (non-hydrogen) atoms. The van der Waals surface area contributed by atoms with Gasteiger partial charge in [-0.15, -0.1) is 0 Å². The Hall–Kier alpha value is -1.10. The molecule has 0 amide bonds. The molecule has 0 aromatic heterocycles. The third-order valence-corrected chi connectivity index (χ3v) is 2.06. The molecule has 0 aromatic rings. The van der Waals surface area contributed by atoms with E-state index in [1.165, 1.54) is 7.11 Å². The summed E-state index contributed by atoms with van der Waals surface area (Å²) < 4.78 is 9.73. The van der Waals surface area contributed by atoms with E-state index >= 15 is 0 Å². The summed E-state index contributed by atoms with van der Waals surface area (Å²) in [6.45, 7) is 7.16. The molecular weight excluding hydrogens is 210 g/mol. The zero-order chi connectivity index (χ0) is 12.9. The Morgan fingerprint density at radius 3 is 2.06 bits per heavy atom. The number of esters is 2. The van der Waals surface area contributed by atoms with Crippen molar-refractivity contribution in [3.05, 3.63) is 0 Å². The molecule has 0 spiro atoms. The summed E-state index contributed by atoms with van der Waals surface area (Å²) in [5.74, 6) is -2.44. The van der Waals surface area contributed by atoms with Crippen molar-refractivity contribution in [1.82, 2.24) is 0 Å². The molecule has 0 rings (SSSR count). The Morgan fingerprint density at radius 2 is 1.75 bits per heavy atom. The Labute approximate surface area is 96.3 Å². The number of methoxy groups -OCH3 is 1. The summed E-state index contributed by atoms with van der Waals surface area (Å²) in [5.41, 5.74) is 4.82. The van der Waals surface area contributed by atoms with Crippen LogP contribution in [0.25, 0.3) is 0 Å². The molecule has 2 N–H and O–H groups in total. The van der Waals surface area contributed by atoms with Gasteiger partial charge in [-0.25, -0.2) is 0 Å². The second-order valence-electron chi connectivity index (χ2n) is 4.75. The smallest absolute Gasteiger partial charge is 0.321 e. The predicted octanol–water partition coefficient (Wildman–Crippen LogP) is 0.712. The predicted molar refractivity (Wildman–Crippen MR) is 59.6 cm³/mol. The van der Waals surface area contributed by atoms with Crippen molar-refractivity contribution in [2.24, 2.45) is 17.6 Å². The molecule has 5 nitrogen and oxygen atoms in total. The summed E-state index contributed by atoms with van der Waals surface area (Å²) in [4.78, 5) is 23.2. The third-order valence-electron chi connectivity index (χ3n) is 2.06. The van der Waals surface area contributed by atoms with E-state index in [0.29, 0.717) is 0 Å². The lowest BCUT2D eigenvalue weighted by molar-refractivity contribution is -0.170. The van der Waals surface area contributed by atoms with Crippen LogP contribution in [-0.2, 0) is 19.1 Å². The average Bonchev–Trinajstić information content (AvgIpc) is 2.14. The fourth-order valence-corrected chi connectivity index (χ4v) is 1.19. The van der Waals surface area contributed by atoms with Crippen LogP contribution in [0.2, 0.25) is 0 Å². The molecule has 0 aliphatic heterocycles. The van der Waals surface area contributed by atoms with Gasteiger partial charge < -0.3 is 15.2 Å². The molecule has 0 aromatic carbocycles. The van der Waals surface area contributed by atoms with Gasteiger partial charge in [0.2, 0.25) is 0 Å². The fraction of sp³-hybridized carbons (Fsp3) is 0.818. The number of carbonyl (C=O) groups excluding carboxylic acids is 2. The van der Waals surface area contributed by atoms with Crippen molar-refractivity contribution < 1.29 is 19.1 Å². The van der Waals surface area contributed by atoms with Gasteiger partial charge in [-0.05, 0) is 33.2 Å². The van der Waals surface area contributed by atoms with Crippen LogP contribution in [0.1, 0.15) is 27.7 Å². The van der Waals surface area contributed by atoms with E-state index < -0.39 is 23.5 Å². The maximum absolute atomic E-state index is 11.8. The number of rotatable bonds is 4. The number of nitrogens with two attached hydrogens (primary N) is 1. The van der Waals surface area contributed by atoms with Gasteiger partial charge in [0, 0.05) is 0 Å². The highest BCUT2D eigenvalue weighted by Gasteiger charge is 2.36. The minimum absolute atomic E-state index is 0.221. The molecule has 0 fully saturated rings. The molecule has 0 saturated heterocycles. The lowest BCUT2D eigenvalue weighted by Gasteiger charge is -2.25. The van der Waals surface area contributed by atoms with Gasteiger partial charge in [0.1, 0.15) is 5.60 Å². The third kappa shape index (κ3) is 4.61. The second kappa shape index (κ2) is 5.84. The fourth-order valence-electron chi connectivity index (χ4n) is 1.19. The van der Waals surface area contributed by atoms with Crippen LogP contribution in [0.15, 0.2) is 0 Å². The van der Waals surface area contributed by atoms with E-state index in [2.05, 4.69) is 4.74 Å². The first-order valence-corrected chi connectivity index (χ1v) is 5.23. The number of ether oxygens (including phenoxy) is 2. The first-order chi connectivity index (χ1) is 7.22. The van der Waals surface area contributed by atoms with Gasteiger partial charge in [0.25, 0.3) is 0 Å². The van der Waals surface area contributed by atoms with Gasteiger partial charge in [0.15, 0.2) is 5.92 Å². The molecule has 0 radical (unpaired) electrons. The van der Waals surface area contributed by atoms with Crippen LogP contribution in [0.3, 0.4) is 0 Å². The van der Waals surface area contributed by atoms with E-state index in [1.807, 2.05) is 0 Å². The van der Waals surface area contributed by atoms with E-state index in [0.717, 1.165) is 0 Å². The summed E-state index contributed by atoms with van der Waals surface area (Å²) in [6, 6.07) is 0. The highest BCUT2D eigenvalue weighted by molar-refractivity contribution is 5.95. The zero-order valence-electron chi connectivity index (χ0n) is 10.6. The van der Waals surface area contributed by atoms with E-state index in [-0.39, 0.29) is 12.5 Å². The molecule has 2 atom stereocenters.